The van der Waals surface area contributed by atoms with Gasteiger partial charge >= 0.3 is 5.97 Å². The topological polar surface area (TPSA) is 121 Å². The van der Waals surface area contributed by atoms with Crippen molar-refractivity contribution in [2.75, 3.05) is 6.54 Å². The van der Waals surface area contributed by atoms with E-state index >= 15 is 0 Å². The highest BCUT2D eigenvalue weighted by Crippen LogP contribution is 1.96. The number of nitrogens with one attached hydrogen (secondary N) is 2. The summed E-state index contributed by atoms with van der Waals surface area (Å²) in [4.78, 5) is 28.2. The van der Waals surface area contributed by atoms with E-state index in [1.54, 1.807) is 6.20 Å². The van der Waals surface area contributed by atoms with Crippen molar-refractivity contribution in [1.29, 1.82) is 0 Å². The fourth-order valence-electron chi connectivity index (χ4n) is 1.15. The molecule has 1 rings (SSSR count). The minimum atomic E-state index is -0.956. The van der Waals surface area contributed by atoms with Crippen LogP contribution in [0.25, 0.3) is 0 Å². The fourth-order valence-corrected chi connectivity index (χ4v) is 1.15. The van der Waals surface area contributed by atoms with Crippen molar-refractivity contribution in [3.8, 4) is 0 Å². The van der Waals surface area contributed by atoms with Crippen molar-refractivity contribution in [1.82, 2.24) is 15.3 Å². The molecule has 0 bridgehead atoms. The van der Waals surface area contributed by atoms with Crippen molar-refractivity contribution in [2.45, 2.75) is 18.9 Å². The van der Waals surface area contributed by atoms with Gasteiger partial charge in [-0.2, -0.15) is 0 Å². The molecule has 16 heavy (non-hydrogen) atoms. The molecule has 0 aliphatic carbocycles. The number of amides is 1. The number of carbonyl (C=O) groups excluding carboxylic acids is 1. The van der Waals surface area contributed by atoms with Gasteiger partial charge in [-0.25, -0.2) is 4.98 Å². The van der Waals surface area contributed by atoms with Gasteiger partial charge in [0.15, 0.2) is 0 Å². The molecule has 0 saturated carbocycles. The molecule has 0 saturated heterocycles. The first-order valence-electron chi connectivity index (χ1n) is 4.82. The van der Waals surface area contributed by atoms with Crippen LogP contribution in [0.5, 0.6) is 0 Å². The molecular weight excluding hydrogens is 212 g/mol. The fraction of sp³-hybridized carbons (Fsp3) is 0.444. The van der Waals surface area contributed by atoms with Crippen molar-refractivity contribution < 1.29 is 14.7 Å². The molecule has 1 heterocycles. The first-order chi connectivity index (χ1) is 7.59. The molecule has 0 fully saturated rings. The monoisotopic (exact) mass is 226 g/mol. The van der Waals surface area contributed by atoms with Crippen LogP contribution in [0.3, 0.4) is 0 Å². The molecule has 0 aliphatic heterocycles. The van der Waals surface area contributed by atoms with Crippen molar-refractivity contribution >= 4 is 11.9 Å². The normalized spacial score (nSPS) is 12.1. The van der Waals surface area contributed by atoms with Crippen LogP contribution in [0.1, 0.15) is 12.1 Å². The highest BCUT2D eigenvalue weighted by molar-refractivity contribution is 5.82. The highest BCUT2D eigenvalue weighted by Gasteiger charge is 2.14. The third-order valence-corrected chi connectivity index (χ3v) is 1.97. The SMILES string of the molecule is N[C@@H](Cc1cnc[nH]1)C(=O)NCCC(=O)O. The summed E-state index contributed by atoms with van der Waals surface area (Å²) in [6, 6.07) is -0.700. The smallest absolute Gasteiger partial charge is 0.305 e. The Bertz CT molecular complexity index is 350. The Kier molecular flexibility index (Phi) is 4.46. The van der Waals surface area contributed by atoms with Crippen LogP contribution in [-0.2, 0) is 16.0 Å². The molecule has 0 unspecified atom stereocenters. The lowest BCUT2D eigenvalue weighted by Gasteiger charge is -2.10. The number of rotatable bonds is 6. The predicted octanol–water partition coefficient (Wildman–Crippen LogP) is -1.13. The molecule has 1 amide bonds. The number of hydrogen-bond donors (Lipinski definition) is 4. The van der Waals surface area contributed by atoms with E-state index in [0.717, 1.165) is 5.69 Å². The largest absolute Gasteiger partial charge is 0.481 e. The van der Waals surface area contributed by atoms with Crippen LogP contribution in [-0.4, -0.2) is 39.5 Å². The first kappa shape index (κ1) is 12.2. The zero-order valence-electron chi connectivity index (χ0n) is 8.64. The lowest BCUT2D eigenvalue weighted by Crippen LogP contribution is -2.42. The molecule has 5 N–H and O–H groups in total. The van der Waals surface area contributed by atoms with Crippen LogP contribution in [0.2, 0.25) is 0 Å². The minimum absolute atomic E-state index is 0.0881. The summed E-state index contributed by atoms with van der Waals surface area (Å²) in [6.07, 6.45) is 3.33. The van der Waals surface area contributed by atoms with Gasteiger partial charge in [0, 0.05) is 24.9 Å². The van der Waals surface area contributed by atoms with Crippen LogP contribution >= 0.6 is 0 Å². The van der Waals surface area contributed by atoms with Gasteiger partial charge in [-0.15, -0.1) is 0 Å². The lowest BCUT2D eigenvalue weighted by atomic mass is 10.1. The molecule has 0 aromatic carbocycles. The Morgan fingerprint density at radius 3 is 2.94 bits per heavy atom. The molecule has 7 heteroatoms. The van der Waals surface area contributed by atoms with Crippen molar-refractivity contribution in [2.24, 2.45) is 5.73 Å². The van der Waals surface area contributed by atoms with Crippen molar-refractivity contribution in [3.05, 3.63) is 18.2 Å². The zero-order chi connectivity index (χ0) is 12.0. The number of aromatic nitrogens is 2. The Labute approximate surface area is 92.1 Å². The van der Waals surface area contributed by atoms with Gasteiger partial charge in [0.2, 0.25) is 5.91 Å². The summed E-state index contributed by atoms with van der Waals surface area (Å²) in [6.45, 7) is 0.0881. The Balaban J connectivity index is 2.28. The van der Waals surface area contributed by atoms with Gasteiger partial charge in [0.05, 0.1) is 18.8 Å². The third-order valence-electron chi connectivity index (χ3n) is 1.97. The summed E-state index contributed by atoms with van der Waals surface area (Å²) >= 11 is 0. The predicted molar refractivity (Wildman–Crippen MR) is 55.5 cm³/mol. The summed E-state index contributed by atoms with van der Waals surface area (Å²) < 4.78 is 0. The van der Waals surface area contributed by atoms with E-state index in [2.05, 4.69) is 15.3 Å². The highest BCUT2D eigenvalue weighted by atomic mass is 16.4. The van der Waals surface area contributed by atoms with Gasteiger partial charge in [-0.1, -0.05) is 0 Å². The van der Waals surface area contributed by atoms with E-state index in [0.29, 0.717) is 6.42 Å². The van der Waals surface area contributed by atoms with Crippen LogP contribution in [0, 0.1) is 0 Å². The maximum atomic E-state index is 11.4. The number of nitrogens with two attached hydrogens (primary N) is 1. The maximum absolute atomic E-state index is 11.4. The van der Waals surface area contributed by atoms with E-state index < -0.39 is 12.0 Å². The average molecular weight is 226 g/mol. The van der Waals surface area contributed by atoms with Gasteiger partial charge in [-0.3, -0.25) is 9.59 Å². The number of carboxylic acids is 1. The number of nitrogens with zero attached hydrogens (tertiary/aromatic N) is 1. The summed E-state index contributed by atoms with van der Waals surface area (Å²) in [7, 11) is 0. The molecule has 1 atom stereocenters. The number of aromatic amines is 1. The van der Waals surface area contributed by atoms with Gasteiger partial charge < -0.3 is 21.1 Å². The maximum Gasteiger partial charge on any atom is 0.305 e. The average Bonchev–Trinajstić information content (AvgIpc) is 2.69. The summed E-state index contributed by atoms with van der Waals surface area (Å²) in [5, 5.41) is 10.8. The molecule has 1 aromatic heterocycles. The second kappa shape index (κ2) is 5.86. The third kappa shape index (κ3) is 4.09. The van der Waals surface area contributed by atoms with Crippen molar-refractivity contribution in [3.63, 3.8) is 0 Å². The van der Waals surface area contributed by atoms with E-state index in [1.807, 2.05) is 0 Å². The number of hydrogen-bond acceptors (Lipinski definition) is 4. The number of carbonyl (C=O) groups is 2. The summed E-state index contributed by atoms with van der Waals surface area (Å²) in [5.41, 5.74) is 6.38. The molecule has 0 radical (unpaired) electrons. The second-order valence-electron chi connectivity index (χ2n) is 3.32. The van der Waals surface area contributed by atoms with Gasteiger partial charge in [0.25, 0.3) is 0 Å². The quantitative estimate of drug-likeness (QED) is 0.489. The lowest BCUT2D eigenvalue weighted by molar-refractivity contribution is -0.136. The zero-order valence-corrected chi connectivity index (χ0v) is 8.64. The van der Waals surface area contributed by atoms with E-state index in [4.69, 9.17) is 10.8 Å². The Morgan fingerprint density at radius 1 is 1.62 bits per heavy atom. The second-order valence-corrected chi connectivity index (χ2v) is 3.32. The molecule has 1 aromatic rings. The van der Waals surface area contributed by atoms with E-state index in [1.165, 1.54) is 6.33 Å². The first-order valence-corrected chi connectivity index (χ1v) is 4.82. The Hall–Kier alpha value is -1.89. The number of aliphatic carboxylic acids is 1. The number of carboxylic acid groups (broad SMARTS) is 1. The van der Waals surface area contributed by atoms with Crippen LogP contribution < -0.4 is 11.1 Å². The summed E-state index contributed by atoms with van der Waals surface area (Å²) in [5.74, 6) is -1.32. The molecule has 0 aliphatic rings. The minimum Gasteiger partial charge on any atom is -0.481 e. The number of imidazole rings is 1. The molecule has 0 spiro atoms. The van der Waals surface area contributed by atoms with Crippen LogP contribution in [0.4, 0.5) is 0 Å². The van der Waals surface area contributed by atoms with Gasteiger partial charge in [-0.05, 0) is 0 Å². The van der Waals surface area contributed by atoms with Gasteiger partial charge in [0.1, 0.15) is 0 Å². The van der Waals surface area contributed by atoms with Crippen LogP contribution in [0.15, 0.2) is 12.5 Å². The van der Waals surface area contributed by atoms with E-state index in [9.17, 15) is 9.59 Å². The van der Waals surface area contributed by atoms with E-state index in [-0.39, 0.29) is 18.9 Å². The molecular formula is C9H14N4O3. The molecule has 7 nitrogen and oxygen atoms in total. The number of H-pyrrole nitrogens is 1. The molecule has 88 valence electrons. The Morgan fingerprint density at radius 2 is 2.38 bits per heavy atom. The standard InChI is InChI=1S/C9H14N4O3/c10-7(3-6-4-11-5-13-6)9(16)12-2-1-8(14)15/h4-5,7H,1-3,10H2,(H,11,13)(H,12,16)(H,14,15)/t7-/m0/s1.